The molecule has 0 bridgehead atoms. The van der Waals surface area contributed by atoms with Gasteiger partial charge in [-0.2, -0.15) is 0 Å². The van der Waals surface area contributed by atoms with Crippen molar-refractivity contribution in [3.05, 3.63) is 83.4 Å². The number of benzene rings is 3. The van der Waals surface area contributed by atoms with Gasteiger partial charge >= 0.3 is 0 Å². The third-order valence-corrected chi connectivity index (χ3v) is 6.36. The van der Waals surface area contributed by atoms with Crippen molar-refractivity contribution in [2.45, 2.75) is 38.7 Å². The summed E-state index contributed by atoms with van der Waals surface area (Å²) in [6.45, 7) is 7.46. The van der Waals surface area contributed by atoms with Gasteiger partial charge in [0.05, 0.1) is 4.90 Å². The number of rotatable bonds is 7. The van der Waals surface area contributed by atoms with Crippen molar-refractivity contribution in [3.63, 3.8) is 0 Å². The lowest BCUT2D eigenvalue weighted by Gasteiger charge is -2.16. The highest BCUT2D eigenvalue weighted by Crippen LogP contribution is 2.21. The summed E-state index contributed by atoms with van der Waals surface area (Å²) in [5.41, 5.74) is 4.01. The summed E-state index contributed by atoms with van der Waals surface area (Å²) in [6, 6.07) is 18.8. The lowest BCUT2D eigenvalue weighted by Crippen LogP contribution is -2.30. The van der Waals surface area contributed by atoms with E-state index < -0.39 is 16.1 Å². The molecular weight excluding hydrogens is 412 g/mol. The van der Waals surface area contributed by atoms with Crippen LogP contribution in [-0.4, -0.2) is 20.4 Å². The SMILES string of the molecule is Cc1ccc(NS(=O)(=O)c2ccc(NC(=O)C(C)Oc3ccccc3C)cc2)cc1C. The van der Waals surface area contributed by atoms with Gasteiger partial charge in [-0.3, -0.25) is 9.52 Å². The smallest absolute Gasteiger partial charge is 0.265 e. The second-order valence-corrected chi connectivity index (χ2v) is 9.13. The van der Waals surface area contributed by atoms with Crippen LogP contribution in [0.25, 0.3) is 0 Å². The first-order valence-electron chi connectivity index (χ1n) is 9.89. The number of anilines is 2. The minimum atomic E-state index is -3.74. The number of ether oxygens (including phenoxy) is 1. The molecule has 0 saturated heterocycles. The largest absolute Gasteiger partial charge is 0.481 e. The first-order valence-corrected chi connectivity index (χ1v) is 11.4. The Kier molecular flexibility index (Phi) is 6.65. The second-order valence-electron chi connectivity index (χ2n) is 7.44. The van der Waals surface area contributed by atoms with Crippen LogP contribution in [0.5, 0.6) is 5.75 Å². The van der Waals surface area contributed by atoms with Crippen LogP contribution in [0.3, 0.4) is 0 Å². The van der Waals surface area contributed by atoms with E-state index in [1.165, 1.54) is 12.1 Å². The summed E-state index contributed by atoms with van der Waals surface area (Å²) in [7, 11) is -3.74. The number of hydrogen-bond donors (Lipinski definition) is 2. The van der Waals surface area contributed by atoms with E-state index in [1.54, 1.807) is 37.3 Å². The van der Waals surface area contributed by atoms with E-state index in [-0.39, 0.29) is 10.8 Å². The zero-order valence-corrected chi connectivity index (χ0v) is 18.8. The van der Waals surface area contributed by atoms with Gasteiger partial charge in [0, 0.05) is 11.4 Å². The van der Waals surface area contributed by atoms with E-state index >= 15 is 0 Å². The molecular formula is C24H26N2O4S. The number of aryl methyl sites for hydroxylation is 3. The van der Waals surface area contributed by atoms with Crippen molar-refractivity contribution in [1.82, 2.24) is 0 Å². The molecule has 3 rings (SSSR count). The molecule has 1 amide bonds. The Hall–Kier alpha value is -3.32. The number of nitrogens with one attached hydrogen (secondary N) is 2. The van der Waals surface area contributed by atoms with Crippen LogP contribution in [0.1, 0.15) is 23.6 Å². The number of carbonyl (C=O) groups is 1. The first kappa shape index (κ1) is 22.4. The molecule has 0 aromatic heterocycles. The Labute approximate surface area is 183 Å². The summed E-state index contributed by atoms with van der Waals surface area (Å²) in [4.78, 5) is 12.5. The fraction of sp³-hybridized carbons (Fsp3) is 0.208. The topological polar surface area (TPSA) is 84.5 Å². The van der Waals surface area contributed by atoms with Crippen molar-refractivity contribution in [2.75, 3.05) is 10.0 Å². The molecule has 7 heteroatoms. The van der Waals surface area contributed by atoms with Crippen LogP contribution in [0.15, 0.2) is 71.6 Å². The van der Waals surface area contributed by atoms with Crippen LogP contribution in [0.4, 0.5) is 11.4 Å². The minimum Gasteiger partial charge on any atom is -0.481 e. The zero-order chi connectivity index (χ0) is 22.6. The molecule has 0 spiro atoms. The highest BCUT2D eigenvalue weighted by molar-refractivity contribution is 7.92. The van der Waals surface area contributed by atoms with E-state index in [9.17, 15) is 13.2 Å². The third kappa shape index (κ3) is 5.64. The molecule has 0 aliphatic carbocycles. The Morgan fingerprint density at radius 3 is 2.13 bits per heavy atom. The van der Waals surface area contributed by atoms with Crippen LogP contribution in [0.2, 0.25) is 0 Å². The van der Waals surface area contributed by atoms with E-state index in [4.69, 9.17) is 4.74 Å². The van der Waals surface area contributed by atoms with Gasteiger partial charge in [-0.15, -0.1) is 0 Å². The monoisotopic (exact) mass is 438 g/mol. The fourth-order valence-corrected chi connectivity index (χ4v) is 3.96. The highest BCUT2D eigenvalue weighted by atomic mass is 32.2. The van der Waals surface area contributed by atoms with E-state index in [0.717, 1.165) is 16.7 Å². The van der Waals surface area contributed by atoms with E-state index in [2.05, 4.69) is 10.0 Å². The molecule has 3 aromatic rings. The Morgan fingerprint density at radius 2 is 1.48 bits per heavy atom. The zero-order valence-electron chi connectivity index (χ0n) is 18.0. The molecule has 162 valence electrons. The summed E-state index contributed by atoms with van der Waals surface area (Å²) >= 11 is 0. The van der Waals surface area contributed by atoms with Gasteiger partial charge in [-0.05, 0) is 86.8 Å². The number of carbonyl (C=O) groups excluding carboxylic acids is 1. The molecule has 2 N–H and O–H groups in total. The van der Waals surface area contributed by atoms with Gasteiger partial charge < -0.3 is 10.1 Å². The van der Waals surface area contributed by atoms with Crippen molar-refractivity contribution in [1.29, 1.82) is 0 Å². The molecule has 0 aliphatic rings. The van der Waals surface area contributed by atoms with Gasteiger partial charge in [0.15, 0.2) is 6.10 Å². The van der Waals surface area contributed by atoms with Gasteiger partial charge in [0.2, 0.25) is 0 Å². The molecule has 0 saturated carbocycles. The average Bonchev–Trinajstić information content (AvgIpc) is 2.72. The Bertz CT molecular complexity index is 1190. The first-order chi connectivity index (χ1) is 14.7. The van der Waals surface area contributed by atoms with E-state index in [1.807, 2.05) is 45.0 Å². The molecule has 0 heterocycles. The number of para-hydroxylation sites is 1. The molecule has 0 radical (unpaired) electrons. The number of sulfonamides is 1. The van der Waals surface area contributed by atoms with Crippen molar-refractivity contribution in [2.24, 2.45) is 0 Å². The van der Waals surface area contributed by atoms with Crippen LogP contribution in [-0.2, 0) is 14.8 Å². The van der Waals surface area contributed by atoms with Crippen LogP contribution in [0, 0.1) is 20.8 Å². The summed E-state index contributed by atoms with van der Waals surface area (Å²) < 4.78 is 33.6. The van der Waals surface area contributed by atoms with E-state index in [0.29, 0.717) is 17.1 Å². The third-order valence-electron chi connectivity index (χ3n) is 4.96. The molecule has 31 heavy (non-hydrogen) atoms. The normalized spacial score (nSPS) is 12.1. The minimum absolute atomic E-state index is 0.105. The number of amides is 1. The molecule has 6 nitrogen and oxygen atoms in total. The maximum absolute atomic E-state index is 12.7. The maximum Gasteiger partial charge on any atom is 0.265 e. The lowest BCUT2D eigenvalue weighted by atomic mass is 10.1. The molecule has 0 fully saturated rings. The van der Waals surface area contributed by atoms with Crippen molar-refractivity contribution in [3.8, 4) is 5.75 Å². The predicted molar refractivity (Wildman–Crippen MR) is 123 cm³/mol. The quantitative estimate of drug-likeness (QED) is 0.554. The molecule has 0 aliphatic heterocycles. The van der Waals surface area contributed by atoms with Gasteiger partial charge in [0.25, 0.3) is 15.9 Å². The summed E-state index contributed by atoms with van der Waals surface area (Å²) in [5.74, 6) is 0.316. The van der Waals surface area contributed by atoms with Crippen LogP contribution < -0.4 is 14.8 Å². The molecule has 1 unspecified atom stereocenters. The summed E-state index contributed by atoms with van der Waals surface area (Å²) in [5, 5.41) is 2.74. The van der Waals surface area contributed by atoms with Crippen molar-refractivity contribution < 1.29 is 17.9 Å². The summed E-state index contributed by atoms with van der Waals surface area (Å²) in [6.07, 6.45) is -0.712. The fourth-order valence-electron chi connectivity index (χ4n) is 2.91. The Morgan fingerprint density at radius 1 is 0.839 bits per heavy atom. The predicted octanol–water partition coefficient (Wildman–Crippen LogP) is 4.82. The average molecular weight is 439 g/mol. The van der Waals surface area contributed by atoms with Crippen LogP contribution >= 0.6 is 0 Å². The standard InChI is InChI=1S/C24H26N2O4S/c1-16-9-10-21(15-18(16)3)26-31(28,29)22-13-11-20(12-14-22)25-24(27)19(4)30-23-8-6-5-7-17(23)2/h5-15,19,26H,1-4H3,(H,25,27). The lowest BCUT2D eigenvalue weighted by molar-refractivity contribution is -0.122. The van der Waals surface area contributed by atoms with Gasteiger partial charge in [0.1, 0.15) is 5.75 Å². The molecule has 1 atom stereocenters. The van der Waals surface area contributed by atoms with Gasteiger partial charge in [-0.1, -0.05) is 24.3 Å². The second kappa shape index (κ2) is 9.22. The maximum atomic E-state index is 12.7. The Balaban J connectivity index is 1.65. The molecule has 3 aromatic carbocycles. The van der Waals surface area contributed by atoms with Gasteiger partial charge in [-0.25, -0.2) is 8.42 Å². The van der Waals surface area contributed by atoms with Crippen molar-refractivity contribution >= 4 is 27.3 Å². The number of hydrogen-bond acceptors (Lipinski definition) is 4. The highest BCUT2D eigenvalue weighted by Gasteiger charge is 2.18.